The van der Waals surface area contributed by atoms with Gasteiger partial charge in [0.15, 0.2) is 0 Å². The summed E-state index contributed by atoms with van der Waals surface area (Å²) in [6.45, 7) is 5.07. The van der Waals surface area contributed by atoms with Crippen molar-refractivity contribution in [2.45, 2.75) is 19.4 Å². The van der Waals surface area contributed by atoms with Gasteiger partial charge in [-0.15, -0.1) is 12.4 Å². The highest BCUT2D eigenvalue weighted by atomic mass is 35.5. The molecule has 0 bridgehead atoms. The van der Waals surface area contributed by atoms with E-state index in [9.17, 15) is 0 Å². The highest BCUT2D eigenvalue weighted by Crippen LogP contribution is 2.19. The Balaban J connectivity index is 0.00000112. The van der Waals surface area contributed by atoms with Gasteiger partial charge in [0.25, 0.3) is 0 Å². The van der Waals surface area contributed by atoms with Gasteiger partial charge < -0.3 is 14.5 Å². The fourth-order valence-corrected chi connectivity index (χ4v) is 1.74. The number of hydrogen-bond acceptors (Lipinski definition) is 3. The predicted molar refractivity (Wildman–Crippen MR) is 61.3 cm³/mol. The number of ether oxygens (including phenoxy) is 1. The first-order chi connectivity index (χ1) is 6.86. The molecule has 0 aliphatic carbocycles. The normalized spacial score (nSPS) is 22.3. The fourth-order valence-electron chi connectivity index (χ4n) is 1.74. The summed E-state index contributed by atoms with van der Waals surface area (Å²) in [5.74, 6) is 1.59. The molecule has 1 aromatic heterocycles. The van der Waals surface area contributed by atoms with Crippen LogP contribution in [-0.4, -0.2) is 19.7 Å². The summed E-state index contributed by atoms with van der Waals surface area (Å²) in [5.41, 5.74) is 0. The molecule has 1 aliphatic heterocycles. The third-order valence-electron chi connectivity index (χ3n) is 2.69. The van der Waals surface area contributed by atoms with Crippen LogP contribution in [0.25, 0.3) is 0 Å². The summed E-state index contributed by atoms with van der Waals surface area (Å²) in [6, 6.07) is 3.85. The summed E-state index contributed by atoms with van der Waals surface area (Å²) in [5, 5.41) is 3.33. The van der Waals surface area contributed by atoms with Crippen molar-refractivity contribution < 1.29 is 9.15 Å². The van der Waals surface area contributed by atoms with Gasteiger partial charge in [0, 0.05) is 6.54 Å². The van der Waals surface area contributed by atoms with Gasteiger partial charge in [-0.25, -0.2) is 0 Å². The molecule has 0 amide bonds. The fraction of sp³-hybridized carbons (Fsp3) is 0.636. The van der Waals surface area contributed by atoms with Crippen molar-refractivity contribution in [1.29, 1.82) is 0 Å². The predicted octanol–water partition coefficient (Wildman–Crippen LogP) is 2.39. The van der Waals surface area contributed by atoms with Crippen LogP contribution in [0.2, 0.25) is 0 Å². The van der Waals surface area contributed by atoms with Gasteiger partial charge in [-0.2, -0.15) is 0 Å². The minimum absolute atomic E-state index is 0. The highest BCUT2D eigenvalue weighted by Gasteiger charge is 2.17. The largest absolute Gasteiger partial charge is 0.467 e. The van der Waals surface area contributed by atoms with Crippen LogP contribution < -0.4 is 5.32 Å². The molecule has 1 aromatic rings. The first-order valence-electron chi connectivity index (χ1n) is 5.22. The maximum atomic E-state index is 5.74. The quantitative estimate of drug-likeness (QED) is 0.864. The van der Waals surface area contributed by atoms with Gasteiger partial charge in [-0.3, -0.25) is 0 Å². The molecule has 4 heteroatoms. The molecule has 0 radical (unpaired) electrons. The van der Waals surface area contributed by atoms with Crippen LogP contribution in [0.1, 0.15) is 25.2 Å². The summed E-state index contributed by atoms with van der Waals surface area (Å²) in [6.07, 6.45) is 2.99. The van der Waals surface area contributed by atoms with E-state index < -0.39 is 0 Å². The minimum Gasteiger partial charge on any atom is -0.467 e. The third-order valence-corrected chi connectivity index (χ3v) is 2.69. The van der Waals surface area contributed by atoms with Crippen LogP contribution >= 0.6 is 12.4 Å². The van der Waals surface area contributed by atoms with Gasteiger partial charge >= 0.3 is 0 Å². The van der Waals surface area contributed by atoms with Crippen molar-refractivity contribution in [1.82, 2.24) is 5.32 Å². The molecule has 2 rings (SSSR count). The zero-order valence-corrected chi connectivity index (χ0v) is 9.76. The lowest BCUT2D eigenvalue weighted by molar-refractivity contribution is 0.0306. The minimum atomic E-state index is 0. The Bertz CT molecular complexity index is 258. The third kappa shape index (κ3) is 3.52. The van der Waals surface area contributed by atoms with E-state index in [0.717, 1.165) is 25.5 Å². The van der Waals surface area contributed by atoms with Crippen molar-refractivity contribution >= 4 is 12.4 Å². The smallest absolute Gasteiger partial charge is 0.132 e. The Morgan fingerprint density at radius 2 is 2.53 bits per heavy atom. The standard InChI is InChI=1S/C11H17NO2.ClH/c1-9(11-3-2-6-13-11)14-8-10-4-5-12-7-10;/h2-3,6,9-10,12H,4-5,7-8H2,1H3;1H. The van der Waals surface area contributed by atoms with E-state index in [-0.39, 0.29) is 18.5 Å². The molecule has 15 heavy (non-hydrogen) atoms. The molecule has 0 spiro atoms. The molecule has 86 valence electrons. The summed E-state index contributed by atoms with van der Waals surface area (Å²) in [7, 11) is 0. The number of hydrogen-bond donors (Lipinski definition) is 1. The molecule has 2 atom stereocenters. The zero-order valence-electron chi connectivity index (χ0n) is 8.94. The van der Waals surface area contributed by atoms with Gasteiger partial charge in [0.2, 0.25) is 0 Å². The van der Waals surface area contributed by atoms with Crippen LogP contribution in [0, 0.1) is 5.92 Å². The van der Waals surface area contributed by atoms with E-state index in [2.05, 4.69) is 5.32 Å². The zero-order chi connectivity index (χ0) is 9.80. The molecule has 1 fully saturated rings. The van der Waals surface area contributed by atoms with Crippen molar-refractivity contribution in [2.24, 2.45) is 5.92 Å². The summed E-state index contributed by atoms with van der Waals surface area (Å²) in [4.78, 5) is 0. The van der Waals surface area contributed by atoms with E-state index in [4.69, 9.17) is 9.15 Å². The molecule has 2 heterocycles. The first kappa shape index (κ1) is 12.6. The average Bonchev–Trinajstić information content (AvgIpc) is 2.87. The molecule has 1 aliphatic rings. The van der Waals surface area contributed by atoms with Crippen molar-refractivity contribution in [2.75, 3.05) is 19.7 Å². The average molecular weight is 232 g/mol. The summed E-state index contributed by atoms with van der Waals surface area (Å²) >= 11 is 0. The lowest BCUT2D eigenvalue weighted by Crippen LogP contribution is -2.14. The molecule has 0 aromatic carbocycles. The van der Waals surface area contributed by atoms with Gasteiger partial charge in [0.05, 0.1) is 12.9 Å². The van der Waals surface area contributed by atoms with E-state index in [1.807, 2.05) is 19.1 Å². The van der Waals surface area contributed by atoms with Crippen LogP contribution in [0.5, 0.6) is 0 Å². The maximum absolute atomic E-state index is 5.74. The van der Waals surface area contributed by atoms with Crippen LogP contribution in [0.3, 0.4) is 0 Å². The Morgan fingerprint density at radius 1 is 1.67 bits per heavy atom. The van der Waals surface area contributed by atoms with E-state index in [0.29, 0.717) is 5.92 Å². The number of halogens is 1. The second-order valence-electron chi connectivity index (χ2n) is 3.85. The van der Waals surface area contributed by atoms with E-state index in [1.54, 1.807) is 6.26 Å². The number of furan rings is 1. The van der Waals surface area contributed by atoms with Gasteiger partial charge in [-0.1, -0.05) is 0 Å². The lowest BCUT2D eigenvalue weighted by atomic mass is 10.1. The van der Waals surface area contributed by atoms with Crippen LogP contribution in [0.15, 0.2) is 22.8 Å². The monoisotopic (exact) mass is 231 g/mol. The Kier molecular flexibility index (Phi) is 5.15. The molecule has 3 nitrogen and oxygen atoms in total. The number of rotatable bonds is 4. The van der Waals surface area contributed by atoms with E-state index in [1.165, 1.54) is 6.42 Å². The molecule has 0 saturated carbocycles. The number of nitrogens with one attached hydrogen (secondary N) is 1. The van der Waals surface area contributed by atoms with Crippen molar-refractivity contribution in [3.63, 3.8) is 0 Å². The van der Waals surface area contributed by atoms with Crippen molar-refractivity contribution in [3.05, 3.63) is 24.2 Å². The van der Waals surface area contributed by atoms with Crippen molar-refractivity contribution in [3.8, 4) is 0 Å². The summed E-state index contributed by atoms with van der Waals surface area (Å²) < 4.78 is 11.0. The van der Waals surface area contributed by atoms with Gasteiger partial charge in [-0.05, 0) is 37.9 Å². The second-order valence-corrected chi connectivity index (χ2v) is 3.85. The Labute approximate surface area is 96.6 Å². The molecule has 1 N–H and O–H groups in total. The van der Waals surface area contributed by atoms with Gasteiger partial charge in [0.1, 0.15) is 11.9 Å². The lowest BCUT2D eigenvalue weighted by Gasteiger charge is -2.13. The van der Waals surface area contributed by atoms with E-state index >= 15 is 0 Å². The Morgan fingerprint density at radius 3 is 3.13 bits per heavy atom. The van der Waals surface area contributed by atoms with Crippen LogP contribution in [-0.2, 0) is 4.74 Å². The topological polar surface area (TPSA) is 34.4 Å². The first-order valence-corrected chi connectivity index (χ1v) is 5.22. The second kappa shape index (κ2) is 6.16. The van der Waals surface area contributed by atoms with Crippen LogP contribution in [0.4, 0.5) is 0 Å². The molecular formula is C11H18ClNO2. The maximum Gasteiger partial charge on any atom is 0.132 e. The molecular weight excluding hydrogens is 214 g/mol. The SMILES string of the molecule is CC(OCC1CCNC1)c1ccco1.Cl. The molecule has 2 unspecified atom stereocenters. The highest BCUT2D eigenvalue weighted by molar-refractivity contribution is 5.85. The Hall–Kier alpha value is -0.510. The molecule has 1 saturated heterocycles.